The molecule has 8 N–H and O–H groups in total. The van der Waals surface area contributed by atoms with Crippen molar-refractivity contribution in [3.8, 4) is 0 Å². The molecule has 13 atom stereocenters. The highest BCUT2D eigenvalue weighted by Crippen LogP contribution is 2.30. The van der Waals surface area contributed by atoms with Crippen molar-refractivity contribution < 1.29 is 101 Å². The van der Waals surface area contributed by atoms with Gasteiger partial charge in [0.25, 0.3) is 0 Å². The lowest BCUT2D eigenvalue weighted by molar-refractivity contribution is -0.316. The van der Waals surface area contributed by atoms with Gasteiger partial charge in [0.2, 0.25) is 0 Å². The van der Waals surface area contributed by atoms with Crippen LogP contribution in [0.5, 0.6) is 0 Å². The first-order valence-corrected chi connectivity index (χ1v) is 16.8. The van der Waals surface area contributed by atoms with Gasteiger partial charge in [0.05, 0.1) is 32.0 Å². The molecular formula is C19H34O22S3. The molecule has 0 radical (unpaired) electrons. The summed E-state index contributed by atoms with van der Waals surface area (Å²) in [6.07, 6.45) is -21.9. The van der Waals surface area contributed by atoms with Crippen LogP contribution in [0.3, 0.4) is 0 Å². The van der Waals surface area contributed by atoms with Gasteiger partial charge in [-0.3, -0.25) is 13.7 Å². The number of aliphatic hydroxyl groups excluding tert-OH is 5. The standard InChI is InChI=1S/C19H34O22S3/c1-7-14(21)9(39-42(25,26)27)2-8(36-7)5-34-13-3-10(40-43(28,29)30)15(22)12(37-13)6-35-19-17(24)18(41-44(31,32)33)16(23)11(4-20)38-19/h7-24H,2-6H2,1H3,(H,25,26,27)(H,28,29,30)(H,31,32,33)/t7?,8?,9?,10?,11?,12?,13-,14?,15-,16+,17?,18?,19-/m1/s1. The maximum Gasteiger partial charge on any atom is 0.397 e. The molecule has 0 aromatic carbocycles. The summed E-state index contributed by atoms with van der Waals surface area (Å²) in [4.78, 5) is 0. The molecule has 44 heavy (non-hydrogen) atoms. The molecule has 0 amide bonds. The Kier molecular flexibility index (Phi) is 12.8. The zero-order chi connectivity index (χ0) is 33.2. The Balaban J connectivity index is 1.70. The third kappa shape index (κ3) is 10.9. The first-order valence-electron chi connectivity index (χ1n) is 12.7. The molecular weight excluding hydrogens is 676 g/mol. The predicted molar refractivity (Wildman–Crippen MR) is 133 cm³/mol. The van der Waals surface area contributed by atoms with E-state index < -0.39 is 137 Å². The van der Waals surface area contributed by atoms with E-state index in [2.05, 4.69) is 12.5 Å². The monoisotopic (exact) mass is 710 g/mol. The molecule has 22 nitrogen and oxygen atoms in total. The molecule has 9 unspecified atom stereocenters. The minimum Gasteiger partial charge on any atom is -0.394 e. The van der Waals surface area contributed by atoms with E-state index in [-0.39, 0.29) is 6.42 Å². The van der Waals surface area contributed by atoms with E-state index >= 15 is 0 Å². The van der Waals surface area contributed by atoms with Crippen LogP contribution in [-0.4, -0.2) is 164 Å². The fourth-order valence-corrected chi connectivity index (χ4v) is 6.26. The van der Waals surface area contributed by atoms with Crippen LogP contribution in [0.1, 0.15) is 19.8 Å². The van der Waals surface area contributed by atoms with Crippen molar-refractivity contribution in [2.45, 2.75) is 99.5 Å². The molecule has 3 aliphatic rings. The van der Waals surface area contributed by atoms with Crippen molar-refractivity contribution in [3.63, 3.8) is 0 Å². The van der Waals surface area contributed by atoms with Crippen molar-refractivity contribution in [2.24, 2.45) is 0 Å². The third-order valence-corrected chi connectivity index (χ3v) is 8.16. The lowest BCUT2D eigenvalue weighted by Gasteiger charge is -2.42. The Morgan fingerprint density at radius 3 is 1.77 bits per heavy atom. The van der Waals surface area contributed by atoms with Gasteiger partial charge in [0.15, 0.2) is 12.6 Å². The molecule has 3 heterocycles. The highest BCUT2D eigenvalue weighted by Gasteiger charge is 2.49. The molecule has 3 rings (SSSR count). The Bertz CT molecular complexity index is 1260. The van der Waals surface area contributed by atoms with Gasteiger partial charge in [-0.2, -0.15) is 25.3 Å². The fraction of sp³-hybridized carbons (Fsp3) is 1.00. The van der Waals surface area contributed by atoms with Crippen LogP contribution < -0.4 is 0 Å². The summed E-state index contributed by atoms with van der Waals surface area (Å²) in [5, 5.41) is 50.8. The van der Waals surface area contributed by atoms with Gasteiger partial charge in [0.1, 0.15) is 54.9 Å². The van der Waals surface area contributed by atoms with Crippen LogP contribution in [0, 0.1) is 0 Å². The van der Waals surface area contributed by atoms with E-state index in [0.29, 0.717) is 0 Å². The normalized spacial score (nSPS) is 41.0. The van der Waals surface area contributed by atoms with Crippen LogP contribution in [0.2, 0.25) is 0 Å². The Labute approximate surface area is 251 Å². The molecule has 3 fully saturated rings. The van der Waals surface area contributed by atoms with E-state index in [1.807, 2.05) is 0 Å². The molecule has 25 heteroatoms. The SMILES string of the molecule is CC1OC(CO[C@H]2CC(OS(=O)(=O)O)[C@@H](O)C(CO[C@@H]3OC(CO)[C@H](O)C(OS(=O)(=O)O)C3O)O2)CC(OS(=O)(=O)O)C1O. The van der Waals surface area contributed by atoms with Crippen molar-refractivity contribution >= 4 is 31.2 Å². The molecule has 260 valence electrons. The first-order chi connectivity index (χ1) is 20.2. The van der Waals surface area contributed by atoms with Gasteiger partial charge in [-0.25, -0.2) is 12.5 Å². The molecule has 3 saturated heterocycles. The minimum atomic E-state index is -5.22. The average molecular weight is 711 g/mol. The lowest BCUT2D eigenvalue weighted by Crippen LogP contribution is -2.61. The summed E-state index contributed by atoms with van der Waals surface area (Å²) >= 11 is 0. The van der Waals surface area contributed by atoms with Crippen LogP contribution >= 0.6 is 0 Å². The van der Waals surface area contributed by atoms with E-state index in [4.69, 9.17) is 37.3 Å². The van der Waals surface area contributed by atoms with Crippen LogP contribution in [0.25, 0.3) is 0 Å². The summed E-state index contributed by atoms with van der Waals surface area (Å²) in [5.74, 6) is 0. The maximum absolute atomic E-state index is 11.4. The zero-order valence-corrected chi connectivity index (χ0v) is 25.0. The average Bonchev–Trinajstić information content (AvgIpc) is 2.87. The second-order valence-corrected chi connectivity index (χ2v) is 13.2. The van der Waals surface area contributed by atoms with Gasteiger partial charge >= 0.3 is 31.2 Å². The summed E-state index contributed by atoms with van der Waals surface area (Å²) < 4.78 is 135. The van der Waals surface area contributed by atoms with Crippen molar-refractivity contribution in [1.29, 1.82) is 0 Å². The zero-order valence-electron chi connectivity index (χ0n) is 22.6. The first kappa shape index (κ1) is 37.7. The van der Waals surface area contributed by atoms with Gasteiger partial charge in [0, 0.05) is 12.8 Å². The predicted octanol–water partition coefficient (Wildman–Crippen LogP) is -4.96. The number of hydrogen-bond donors (Lipinski definition) is 8. The number of aliphatic hydroxyl groups is 5. The largest absolute Gasteiger partial charge is 0.397 e. The van der Waals surface area contributed by atoms with E-state index in [1.165, 1.54) is 6.92 Å². The summed E-state index contributed by atoms with van der Waals surface area (Å²) in [6, 6.07) is 0. The molecule has 0 aromatic heterocycles. The fourth-order valence-electron chi connectivity index (χ4n) is 4.75. The summed E-state index contributed by atoms with van der Waals surface area (Å²) in [5.41, 5.74) is 0. The summed E-state index contributed by atoms with van der Waals surface area (Å²) in [6.45, 7) is -0.767. The molecule has 0 spiro atoms. The number of rotatable bonds is 13. The van der Waals surface area contributed by atoms with Crippen LogP contribution in [0.4, 0.5) is 0 Å². The summed E-state index contributed by atoms with van der Waals surface area (Å²) in [7, 11) is -15.3. The topological polar surface area (TPSA) is 338 Å². The van der Waals surface area contributed by atoms with Crippen molar-refractivity contribution in [3.05, 3.63) is 0 Å². The second-order valence-electron chi connectivity index (χ2n) is 10.0. The molecule has 0 saturated carbocycles. The Morgan fingerprint density at radius 1 is 0.659 bits per heavy atom. The molecule has 0 bridgehead atoms. The Morgan fingerprint density at radius 2 is 1.23 bits per heavy atom. The third-order valence-electron chi connectivity index (χ3n) is 6.72. The quantitative estimate of drug-likeness (QED) is 0.0830. The number of ether oxygens (including phenoxy) is 5. The van der Waals surface area contributed by atoms with Crippen molar-refractivity contribution in [2.75, 3.05) is 19.8 Å². The van der Waals surface area contributed by atoms with Gasteiger partial charge in [-0.1, -0.05) is 0 Å². The second kappa shape index (κ2) is 15.0. The number of hydrogen-bond acceptors (Lipinski definition) is 19. The highest BCUT2D eigenvalue weighted by atomic mass is 32.3. The highest BCUT2D eigenvalue weighted by molar-refractivity contribution is 7.81. The van der Waals surface area contributed by atoms with Gasteiger partial charge < -0.3 is 49.2 Å². The molecule has 0 aliphatic carbocycles. The minimum absolute atomic E-state index is 0.306. The smallest absolute Gasteiger partial charge is 0.394 e. The van der Waals surface area contributed by atoms with Crippen LogP contribution in [-0.2, 0) is 67.4 Å². The van der Waals surface area contributed by atoms with Crippen LogP contribution in [0.15, 0.2) is 0 Å². The lowest BCUT2D eigenvalue weighted by atomic mass is 9.99. The van der Waals surface area contributed by atoms with E-state index in [1.54, 1.807) is 0 Å². The van der Waals surface area contributed by atoms with Gasteiger partial charge in [-0.15, -0.1) is 0 Å². The van der Waals surface area contributed by atoms with Gasteiger partial charge in [-0.05, 0) is 6.92 Å². The van der Waals surface area contributed by atoms with Crippen molar-refractivity contribution in [1.82, 2.24) is 0 Å². The van der Waals surface area contributed by atoms with E-state index in [0.717, 1.165) is 0 Å². The van der Waals surface area contributed by atoms with E-state index in [9.17, 15) is 50.8 Å². The maximum atomic E-state index is 11.4. The molecule has 0 aromatic rings. The Hall–Kier alpha value is -0.790. The molecule has 3 aliphatic heterocycles.